The number of benzene rings is 1. The monoisotopic (exact) mass is 272 g/mol. The van der Waals surface area contributed by atoms with E-state index in [-0.39, 0.29) is 11.9 Å². The molecule has 0 saturated heterocycles. The molecule has 4 heteroatoms. The molecule has 0 fully saturated rings. The van der Waals surface area contributed by atoms with E-state index in [1.54, 1.807) is 12.1 Å². The molecule has 1 aromatic carbocycles. The van der Waals surface area contributed by atoms with Gasteiger partial charge in [0.2, 0.25) is 0 Å². The number of nitrogens with zero attached hydrogens (tertiary/aromatic N) is 1. The second-order valence-corrected chi connectivity index (χ2v) is 4.89. The van der Waals surface area contributed by atoms with Gasteiger partial charge in [-0.3, -0.25) is 0 Å². The quantitative estimate of drug-likeness (QED) is 0.922. The Kier molecular flexibility index (Phi) is 4.21. The Labute approximate surface area is 118 Å². The minimum absolute atomic E-state index is 0.0718. The van der Waals surface area contributed by atoms with Crippen molar-refractivity contribution in [2.45, 2.75) is 33.4 Å². The van der Waals surface area contributed by atoms with Gasteiger partial charge in [-0.25, -0.2) is 4.39 Å². The summed E-state index contributed by atoms with van der Waals surface area (Å²) in [5, 5.41) is 12.0. The van der Waals surface area contributed by atoms with Crippen LogP contribution in [0.5, 0.6) is 0 Å². The van der Waals surface area contributed by atoms with E-state index in [4.69, 9.17) is 9.68 Å². The summed E-state index contributed by atoms with van der Waals surface area (Å²) in [5.74, 6) is 1.39. The Hall–Kier alpha value is -2.12. The topological polar surface area (TPSA) is 49.0 Å². The van der Waals surface area contributed by atoms with Crippen LogP contribution in [0.4, 0.5) is 4.39 Å². The van der Waals surface area contributed by atoms with Crippen molar-refractivity contribution in [1.82, 2.24) is 5.32 Å². The molecule has 0 aliphatic rings. The van der Waals surface area contributed by atoms with Crippen LogP contribution < -0.4 is 5.32 Å². The standard InChI is InChI=1S/C16H17FN2O/c1-10-6-15(12(3)20-10)11(2)19-9-14-5-4-13(8-18)7-16(14)17/h4-7,11,19H,9H2,1-3H3. The third-order valence-corrected chi connectivity index (χ3v) is 3.33. The first-order valence-corrected chi connectivity index (χ1v) is 6.50. The van der Waals surface area contributed by atoms with Crippen molar-refractivity contribution in [1.29, 1.82) is 5.26 Å². The number of nitrogens with one attached hydrogen (secondary N) is 1. The van der Waals surface area contributed by atoms with Crippen molar-refractivity contribution in [3.05, 3.63) is 58.3 Å². The van der Waals surface area contributed by atoms with Gasteiger partial charge in [-0.05, 0) is 39.0 Å². The highest BCUT2D eigenvalue weighted by Crippen LogP contribution is 2.21. The van der Waals surface area contributed by atoms with E-state index in [1.807, 2.05) is 32.9 Å². The van der Waals surface area contributed by atoms with Crippen molar-refractivity contribution in [2.75, 3.05) is 0 Å². The fourth-order valence-electron chi connectivity index (χ4n) is 2.21. The molecule has 2 rings (SSSR count). The van der Waals surface area contributed by atoms with E-state index in [2.05, 4.69) is 5.32 Å². The molecule has 0 aliphatic heterocycles. The van der Waals surface area contributed by atoms with Crippen LogP contribution in [0.25, 0.3) is 0 Å². The summed E-state index contributed by atoms with van der Waals surface area (Å²) < 4.78 is 19.3. The highest BCUT2D eigenvalue weighted by atomic mass is 19.1. The number of hydrogen-bond acceptors (Lipinski definition) is 3. The average molecular weight is 272 g/mol. The molecule has 1 aromatic heterocycles. The van der Waals surface area contributed by atoms with Crippen LogP contribution in [-0.4, -0.2) is 0 Å². The van der Waals surface area contributed by atoms with Crippen LogP contribution in [0, 0.1) is 31.0 Å². The van der Waals surface area contributed by atoms with Crippen LogP contribution in [0.2, 0.25) is 0 Å². The van der Waals surface area contributed by atoms with Crippen LogP contribution in [0.3, 0.4) is 0 Å². The zero-order valence-corrected chi connectivity index (χ0v) is 11.8. The minimum Gasteiger partial charge on any atom is -0.466 e. The number of furan rings is 1. The number of nitriles is 1. The summed E-state index contributed by atoms with van der Waals surface area (Å²) in [5.41, 5.74) is 1.96. The third kappa shape index (κ3) is 3.06. The van der Waals surface area contributed by atoms with E-state index in [0.29, 0.717) is 17.7 Å². The zero-order valence-electron chi connectivity index (χ0n) is 11.8. The summed E-state index contributed by atoms with van der Waals surface area (Å²) in [6.07, 6.45) is 0. The van der Waals surface area contributed by atoms with E-state index in [0.717, 1.165) is 17.1 Å². The SMILES string of the molecule is Cc1cc(C(C)NCc2ccc(C#N)cc2F)c(C)o1. The molecule has 104 valence electrons. The Bertz CT molecular complexity index is 655. The van der Waals surface area contributed by atoms with Gasteiger partial charge in [0.15, 0.2) is 0 Å². The lowest BCUT2D eigenvalue weighted by atomic mass is 10.1. The molecule has 1 heterocycles. The zero-order chi connectivity index (χ0) is 14.7. The Balaban J connectivity index is 2.05. The Morgan fingerprint density at radius 3 is 2.65 bits per heavy atom. The maximum absolute atomic E-state index is 13.8. The van der Waals surface area contributed by atoms with Gasteiger partial charge in [0.1, 0.15) is 17.3 Å². The molecule has 0 bridgehead atoms. The Morgan fingerprint density at radius 1 is 1.35 bits per heavy atom. The smallest absolute Gasteiger partial charge is 0.129 e. The fraction of sp³-hybridized carbons (Fsp3) is 0.312. The van der Waals surface area contributed by atoms with Crippen LogP contribution in [-0.2, 0) is 6.54 Å². The summed E-state index contributed by atoms with van der Waals surface area (Å²) in [6, 6.07) is 8.50. The molecule has 0 saturated carbocycles. The normalized spacial score (nSPS) is 12.2. The molecule has 1 unspecified atom stereocenters. The second-order valence-electron chi connectivity index (χ2n) is 4.89. The molecule has 1 atom stereocenters. The van der Waals surface area contributed by atoms with Gasteiger partial charge in [0, 0.05) is 23.7 Å². The summed E-state index contributed by atoms with van der Waals surface area (Å²) in [4.78, 5) is 0. The van der Waals surface area contributed by atoms with Crippen molar-refractivity contribution >= 4 is 0 Å². The highest BCUT2D eigenvalue weighted by molar-refractivity contribution is 5.33. The maximum Gasteiger partial charge on any atom is 0.129 e. The number of halogens is 1. The third-order valence-electron chi connectivity index (χ3n) is 3.33. The molecule has 2 aromatic rings. The predicted molar refractivity (Wildman–Crippen MR) is 74.6 cm³/mol. The van der Waals surface area contributed by atoms with Crippen LogP contribution >= 0.6 is 0 Å². The van der Waals surface area contributed by atoms with Gasteiger partial charge in [-0.1, -0.05) is 6.07 Å². The van der Waals surface area contributed by atoms with E-state index in [1.165, 1.54) is 6.07 Å². The van der Waals surface area contributed by atoms with Crippen molar-refractivity contribution in [2.24, 2.45) is 0 Å². The van der Waals surface area contributed by atoms with Gasteiger partial charge < -0.3 is 9.73 Å². The maximum atomic E-state index is 13.8. The summed E-state index contributed by atoms with van der Waals surface area (Å²) in [6.45, 7) is 6.24. The highest BCUT2D eigenvalue weighted by Gasteiger charge is 2.13. The molecule has 1 N–H and O–H groups in total. The van der Waals surface area contributed by atoms with E-state index < -0.39 is 0 Å². The molecule has 20 heavy (non-hydrogen) atoms. The van der Waals surface area contributed by atoms with Crippen LogP contribution in [0.15, 0.2) is 28.7 Å². The molecule has 0 radical (unpaired) electrons. The van der Waals surface area contributed by atoms with Crippen molar-refractivity contribution in [3.63, 3.8) is 0 Å². The summed E-state index contributed by atoms with van der Waals surface area (Å²) >= 11 is 0. The largest absolute Gasteiger partial charge is 0.466 e. The van der Waals surface area contributed by atoms with Gasteiger partial charge in [0.25, 0.3) is 0 Å². The lowest BCUT2D eigenvalue weighted by Gasteiger charge is -2.13. The number of aryl methyl sites for hydroxylation is 2. The van der Waals surface area contributed by atoms with Crippen LogP contribution in [0.1, 0.15) is 41.2 Å². The second kappa shape index (κ2) is 5.89. The van der Waals surface area contributed by atoms with Gasteiger partial charge in [-0.2, -0.15) is 5.26 Å². The first kappa shape index (κ1) is 14.3. The molecule has 0 spiro atoms. The molecular formula is C16H17FN2O. The summed E-state index contributed by atoms with van der Waals surface area (Å²) in [7, 11) is 0. The predicted octanol–water partition coefficient (Wildman–Crippen LogP) is 3.76. The van der Waals surface area contributed by atoms with E-state index >= 15 is 0 Å². The molecule has 0 aliphatic carbocycles. The molecule has 3 nitrogen and oxygen atoms in total. The first-order valence-electron chi connectivity index (χ1n) is 6.50. The van der Waals surface area contributed by atoms with Gasteiger partial charge in [0.05, 0.1) is 11.6 Å². The first-order chi connectivity index (χ1) is 9.51. The van der Waals surface area contributed by atoms with Crippen molar-refractivity contribution in [3.8, 4) is 6.07 Å². The number of hydrogen-bond donors (Lipinski definition) is 1. The average Bonchev–Trinajstić information content (AvgIpc) is 2.76. The van der Waals surface area contributed by atoms with Gasteiger partial charge in [-0.15, -0.1) is 0 Å². The minimum atomic E-state index is -0.358. The van der Waals surface area contributed by atoms with Crippen molar-refractivity contribution < 1.29 is 8.81 Å². The lowest BCUT2D eigenvalue weighted by molar-refractivity contribution is 0.487. The van der Waals surface area contributed by atoms with Gasteiger partial charge >= 0.3 is 0 Å². The van der Waals surface area contributed by atoms with E-state index in [9.17, 15) is 4.39 Å². The molecule has 0 amide bonds. The lowest BCUT2D eigenvalue weighted by Crippen LogP contribution is -2.19. The Morgan fingerprint density at radius 2 is 2.10 bits per heavy atom. The molecular weight excluding hydrogens is 255 g/mol. The fourth-order valence-corrected chi connectivity index (χ4v) is 2.21. The number of rotatable bonds is 4.